The van der Waals surface area contributed by atoms with E-state index in [0.717, 1.165) is 18.4 Å². The smallest absolute Gasteiger partial charge is 0.344 e. The van der Waals surface area contributed by atoms with E-state index >= 15 is 0 Å². The first kappa shape index (κ1) is 21.6. The van der Waals surface area contributed by atoms with Crippen LogP contribution in [0.1, 0.15) is 36.6 Å². The van der Waals surface area contributed by atoms with E-state index in [1.165, 1.54) is 11.1 Å². The molecule has 0 amide bonds. The van der Waals surface area contributed by atoms with Crippen LogP contribution >= 0.6 is 11.6 Å². The molecule has 0 saturated heterocycles. The van der Waals surface area contributed by atoms with Crippen molar-refractivity contribution in [2.75, 3.05) is 19.8 Å². The maximum atomic E-state index is 11.5. The summed E-state index contributed by atoms with van der Waals surface area (Å²) < 4.78 is 10.5. The Balaban J connectivity index is 1.59. The Morgan fingerprint density at radius 3 is 2.83 bits per heavy atom. The summed E-state index contributed by atoms with van der Waals surface area (Å²) in [5.74, 6) is 0.748. The third-order valence-electron chi connectivity index (χ3n) is 5.32. The number of hydrogen-bond donors (Lipinski definition) is 2. The van der Waals surface area contributed by atoms with Crippen molar-refractivity contribution in [3.63, 3.8) is 0 Å². The lowest BCUT2D eigenvalue weighted by Crippen LogP contribution is -2.42. The van der Waals surface area contributed by atoms with Gasteiger partial charge >= 0.3 is 5.97 Å². The number of esters is 1. The number of nitrogens with one attached hydrogen (secondary N) is 1. The van der Waals surface area contributed by atoms with E-state index in [2.05, 4.69) is 18.3 Å². The van der Waals surface area contributed by atoms with Crippen LogP contribution < -0.4 is 10.1 Å². The van der Waals surface area contributed by atoms with Gasteiger partial charge in [0.1, 0.15) is 5.75 Å². The topological polar surface area (TPSA) is 67.8 Å². The zero-order chi connectivity index (χ0) is 20.8. The fourth-order valence-electron chi connectivity index (χ4n) is 3.72. The molecule has 0 radical (unpaired) electrons. The number of rotatable bonds is 8. The van der Waals surface area contributed by atoms with Crippen molar-refractivity contribution in [1.82, 2.24) is 5.32 Å². The van der Waals surface area contributed by atoms with Gasteiger partial charge in [0.2, 0.25) is 0 Å². The lowest BCUT2D eigenvalue weighted by atomic mass is 9.81. The number of ether oxygens (including phenoxy) is 2. The molecule has 0 saturated carbocycles. The molecule has 6 heteroatoms. The summed E-state index contributed by atoms with van der Waals surface area (Å²) in [6, 6.07) is 13.5. The largest absolute Gasteiger partial charge is 0.482 e. The quantitative estimate of drug-likeness (QED) is 0.641. The van der Waals surface area contributed by atoms with Crippen molar-refractivity contribution in [1.29, 1.82) is 0 Å². The molecule has 3 rings (SSSR count). The Morgan fingerprint density at radius 2 is 2.07 bits per heavy atom. The molecule has 1 aliphatic rings. The molecule has 2 aromatic carbocycles. The molecule has 5 nitrogen and oxygen atoms in total. The van der Waals surface area contributed by atoms with Gasteiger partial charge in [-0.1, -0.05) is 36.7 Å². The standard InChI is InChI=1S/C23H28ClNO4/c1-3-28-23(27)14-29-20-8-7-16-9-15(2)21(12-18(16)11-20)25-13-22(26)17-5-4-6-19(24)10-17/h4-8,10-11,15,21-22,25-26H,3,9,12-14H2,1-2H3/t15?,21-,22-/m0/s1. The second kappa shape index (κ2) is 10.1. The minimum atomic E-state index is -0.610. The molecule has 0 spiro atoms. The minimum absolute atomic E-state index is 0.0868. The molecule has 1 aliphatic carbocycles. The Kier molecular flexibility index (Phi) is 7.53. The maximum absolute atomic E-state index is 11.5. The van der Waals surface area contributed by atoms with Crippen LogP contribution in [0.15, 0.2) is 42.5 Å². The van der Waals surface area contributed by atoms with E-state index in [-0.39, 0.29) is 18.6 Å². The molecular formula is C23H28ClNO4. The highest BCUT2D eigenvalue weighted by Crippen LogP contribution is 2.29. The summed E-state index contributed by atoms with van der Waals surface area (Å²) in [5, 5.41) is 14.6. The van der Waals surface area contributed by atoms with Crippen LogP contribution in [-0.2, 0) is 22.4 Å². The SMILES string of the molecule is CCOC(=O)COc1ccc2c(c1)C[C@H](NC[C@H](O)c1cccc(Cl)c1)C(C)C2. The van der Waals surface area contributed by atoms with Crippen molar-refractivity contribution in [2.24, 2.45) is 5.92 Å². The minimum Gasteiger partial charge on any atom is -0.482 e. The summed E-state index contributed by atoms with van der Waals surface area (Å²) in [4.78, 5) is 11.5. The molecule has 29 heavy (non-hydrogen) atoms. The Hall–Kier alpha value is -2.08. The maximum Gasteiger partial charge on any atom is 0.344 e. The number of aliphatic hydroxyl groups excluding tert-OH is 1. The first-order chi connectivity index (χ1) is 14.0. The van der Waals surface area contributed by atoms with E-state index in [1.54, 1.807) is 19.1 Å². The normalized spacial score (nSPS) is 19.3. The van der Waals surface area contributed by atoms with E-state index in [9.17, 15) is 9.90 Å². The van der Waals surface area contributed by atoms with E-state index in [0.29, 0.717) is 29.8 Å². The van der Waals surface area contributed by atoms with Crippen LogP contribution in [0, 0.1) is 5.92 Å². The molecule has 2 N–H and O–H groups in total. The van der Waals surface area contributed by atoms with Gasteiger partial charge in [0.25, 0.3) is 0 Å². The van der Waals surface area contributed by atoms with Crippen molar-refractivity contribution in [2.45, 2.75) is 38.8 Å². The van der Waals surface area contributed by atoms with Crippen molar-refractivity contribution < 1.29 is 19.4 Å². The van der Waals surface area contributed by atoms with Gasteiger partial charge in [-0.25, -0.2) is 4.79 Å². The Labute approximate surface area is 177 Å². The van der Waals surface area contributed by atoms with Gasteiger partial charge in [-0.2, -0.15) is 0 Å². The fraction of sp³-hybridized carbons (Fsp3) is 0.435. The lowest BCUT2D eigenvalue weighted by Gasteiger charge is -2.32. The van der Waals surface area contributed by atoms with Crippen LogP contribution in [0.25, 0.3) is 0 Å². The molecule has 1 unspecified atom stereocenters. The van der Waals surface area contributed by atoms with Crippen LogP contribution in [-0.4, -0.2) is 36.9 Å². The van der Waals surface area contributed by atoms with Crippen molar-refractivity contribution in [3.8, 4) is 5.75 Å². The van der Waals surface area contributed by atoms with Gasteiger partial charge in [0.05, 0.1) is 12.7 Å². The molecule has 0 aromatic heterocycles. The highest BCUT2D eigenvalue weighted by atomic mass is 35.5. The van der Waals surface area contributed by atoms with E-state index in [1.807, 2.05) is 24.3 Å². The number of carbonyl (C=O) groups is 1. The Bertz CT molecular complexity index is 841. The average molecular weight is 418 g/mol. The number of hydrogen-bond acceptors (Lipinski definition) is 5. The summed E-state index contributed by atoms with van der Waals surface area (Å²) in [5.41, 5.74) is 3.32. The van der Waals surface area contributed by atoms with Crippen molar-refractivity contribution in [3.05, 3.63) is 64.2 Å². The number of benzene rings is 2. The third-order valence-corrected chi connectivity index (χ3v) is 5.55. The van der Waals surface area contributed by atoms with Gasteiger partial charge in [-0.15, -0.1) is 0 Å². The molecule has 0 heterocycles. The summed E-state index contributed by atoms with van der Waals surface area (Å²) in [6.07, 6.45) is 1.19. The fourth-order valence-corrected chi connectivity index (χ4v) is 3.92. The van der Waals surface area contributed by atoms with Crippen molar-refractivity contribution >= 4 is 17.6 Å². The van der Waals surface area contributed by atoms with Gasteiger partial charge in [-0.3, -0.25) is 0 Å². The lowest BCUT2D eigenvalue weighted by molar-refractivity contribution is -0.145. The molecular weight excluding hydrogens is 390 g/mol. The Morgan fingerprint density at radius 1 is 1.24 bits per heavy atom. The number of halogens is 1. The molecule has 0 fully saturated rings. The summed E-state index contributed by atoms with van der Waals surface area (Å²) in [6.45, 7) is 4.71. The van der Waals surface area contributed by atoms with Gasteiger partial charge < -0.3 is 19.9 Å². The number of carbonyl (C=O) groups excluding carboxylic acids is 1. The van der Waals surface area contributed by atoms with Crippen LogP contribution in [0.5, 0.6) is 5.75 Å². The monoisotopic (exact) mass is 417 g/mol. The van der Waals surface area contributed by atoms with Gasteiger partial charge in [0.15, 0.2) is 6.61 Å². The van der Waals surface area contributed by atoms with E-state index < -0.39 is 6.10 Å². The predicted molar refractivity (Wildman–Crippen MR) is 113 cm³/mol. The highest BCUT2D eigenvalue weighted by molar-refractivity contribution is 6.30. The molecule has 3 atom stereocenters. The number of fused-ring (bicyclic) bond motifs is 1. The van der Waals surface area contributed by atoms with Gasteiger partial charge in [0, 0.05) is 17.6 Å². The van der Waals surface area contributed by atoms with Crippen LogP contribution in [0.4, 0.5) is 0 Å². The predicted octanol–water partition coefficient (Wildman–Crippen LogP) is 3.71. The second-order valence-corrected chi connectivity index (χ2v) is 7.93. The highest BCUT2D eigenvalue weighted by Gasteiger charge is 2.26. The zero-order valence-electron chi connectivity index (χ0n) is 16.9. The van der Waals surface area contributed by atoms with Crippen LogP contribution in [0.2, 0.25) is 5.02 Å². The summed E-state index contributed by atoms with van der Waals surface area (Å²) >= 11 is 6.02. The van der Waals surface area contributed by atoms with E-state index in [4.69, 9.17) is 21.1 Å². The molecule has 156 valence electrons. The second-order valence-electron chi connectivity index (χ2n) is 7.50. The first-order valence-electron chi connectivity index (χ1n) is 10.0. The summed E-state index contributed by atoms with van der Waals surface area (Å²) in [7, 11) is 0. The third kappa shape index (κ3) is 5.95. The van der Waals surface area contributed by atoms with Crippen LogP contribution in [0.3, 0.4) is 0 Å². The molecule has 0 aliphatic heterocycles. The van der Waals surface area contributed by atoms with Gasteiger partial charge in [-0.05, 0) is 66.6 Å². The number of aliphatic hydroxyl groups is 1. The molecule has 0 bridgehead atoms. The average Bonchev–Trinajstić information content (AvgIpc) is 2.70. The first-order valence-corrected chi connectivity index (χ1v) is 10.4. The zero-order valence-corrected chi connectivity index (χ0v) is 17.6. The molecule has 2 aromatic rings.